The Kier molecular flexibility index (Phi) is 5.89. The van der Waals surface area contributed by atoms with E-state index in [0.717, 1.165) is 6.07 Å². The number of carbonyl (C=O) groups is 1. The maximum atomic E-state index is 13.4. The van der Waals surface area contributed by atoms with Gasteiger partial charge in [-0.3, -0.25) is 4.79 Å². The molecule has 0 atom stereocenters. The maximum absolute atomic E-state index is 13.4. The highest BCUT2D eigenvalue weighted by Crippen LogP contribution is 2.24. The van der Waals surface area contributed by atoms with Crippen LogP contribution in [0.4, 0.5) is 4.39 Å². The van der Waals surface area contributed by atoms with Gasteiger partial charge in [-0.15, -0.1) is 0 Å². The second-order valence-corrected chi connectivity index (χ2v) is 8.36. The molecule has 1 aliphatic rings. The Morgan fingerprint density at radius 2 is 1.91 bits per heavy atom. The molecule has 1 aromatic rings. The van der Waals surface area contributed by atoms with Crippen LogP contribution in [0.3, 0.4) is 0 Å². The number of amides is 1. The van der Waals surface area contributed by atoms with Gasteiger partial charge in [0.2, 0.25) is 10.0 Å². The lowest BCUT2D eigenvalue weighted by atomic mass is 9.98. The third-order valence-electron chi connectivity index (χ3n) is 3.85. The first-order valence-electron chi connectivity index (χ1n) is 7.06. The molecule has 9 heteroatoms. The highest BCUT2D eigenvalue weighted by atomic mass is 35.5. The van der Waals surface area contributed by atoms with Gasteiger partial charge < -0.3 is 5.32 Å². The highest BCUT2D eigenvalue weighted by molar-refractivity contribution is 7.88. The van der Waals surface area contributed by atoms with Crippen molar-refractivity contribution in [3.63, 3.8) is 0 Å². The van der Waals surface area contributed by atoms with E-state index in [1.54, 1.807) is 0 Å². The largest absolute Gasteiger partial charge is 0.352 e. The summed E-state index contributed by atoms with van der Waals surface area (Å²) in [5.41, 5.74) is 0.0298. The van der Waals surface area contributed by atoms with Crippen LogP contribution >= 0.6 is 23.2 Å². The van der Waals surface area contributed by atoms with Gasteiger partial charge >= 0.3 is 0 Å². The van der Waals surface area contributed by atoms with E-state index in [0.29, 0.717) is 32.5 Å². The smallest absolute Gasteiger partial charge is 0.252 e. The molecule has 0 bridgehead atoms. The predicted octanol–water partition coefficient (Wildman–Crippen LogP) is 2.53. The Bertz CT molecular complexity index is 704. The summed E-state index contributed by atoms with van der Waals surface area (Å²) in [6.45, 7) is 1.27. The normalized spacial score (nSPS) is 17.2. The molecule has 0 aliphatic carbocycles. The number of piperidine rings is 1. The average molecular weight is 383 g/mol. The molecule has 1 N–H and O–H groups in total. The van der Waals surface area contributed by atoms with E-state index in [-0.39, 0.29) is 21.5 Å². The van der Waals surface area contributed by atoms with Crippen molar-refractivity contribution in [1.29, 1.82) is 0 Å². The van der Waals surface area contributed by atoms with Crippen molar-refractivity contribution in [1.82, 2.24) is 9.62 Å². The van der Waals surface area contributed by atoms with Crippen molar-refractivity contribution in [2.45, 2.75) is 12.8 Å². The molecule has 5 nitrogen and oxygen atoms in total. The highest BCUT2D eigenvalue weighted by Gasteiger charge is 2.25. The Morgan fingerprint density at radius 1 is 1.30 bits per heavy atom. The van der Waals surface area contributed by atoms with Crippen molar-refractivity contribution < 1.29 is 17.6 Å². The van der Waals surface area contributed by atoms with Crippen molar-refractivity contribution in [3.8, 4) is 0 Å². The Morgan fingerprint density at radius 3 is 2.48 bits per heavy atom. The van der Waals surface area contributed by atoms with E-state index in [9.17, 15) is 17.6 Å². The lowest BCUT2D eigenvalue weighted by molar-refractivity contribution is 0.0941. The Balaban J connectivity index is 1.90. The first kappa shape index (κ1) is 18.4. The first-order chi connectivity index (χ1) is 10.7. The fourth-order valence-corrected chi connectivity index (χ4v) is 3.82. The van der Waals surface area contributed by atoms with Crippen LogP contribution < -0.4 is 5.32 Å². The molecule has 128 valence electrons. The summed E-state index contributed by atoms with van der Waals surface area (Å²) in [7, 11) is -3.16. The fraction of sp³-hybridized carbons (Fsp3) is 0.500. The van der Waals surface area contributed by atoms with Gasteiger partial charge in [0.1, 0.15) is 5.82 Å². The number of nitrogens with zero attached hydrogens (tertiary/aromatic N) is 1. The number of halogens is 3. The number of hydrogen-bond acceptors (Lipinski definition) is 3. The SMILES string of the molecule is CS(=O)(=O)N1CCC(CNC(=O)c2cc(F)c(Cl)cc2Cl)CC1. The molecule has 1 heterocycles. The molecule has 0 radical (unpaired) electrons. The number of carbonyl (C=O) groups excluding carboxylic acids is 1. The molecule has 23 heavy (non-hydrogen) atoms. The van der Waals surface area contributed by atoms with E-state index >= 15 is 0 Å². The monoisotopic (exact) mass is 382 g/mol. The van der Waals surface area contributed by atoms with Crippen LogP contribution in [0.25, 0.3) is 0 Å². The van der Waals surface area contributed by atoms with Crippen LogP contribution in [-0.2, 0) is 10.0 Å². The van der Waals surface area contributed by atoms with Crippen molar-refractivity contribution in [2.24, 2.45) is 5.92 Å². The molecule has 1 aromatic carbocycles. The number of nitrogens with one attached hydrogen (secondary N) is 1. The summed E-state index contributed by atoms with van der Waals surface area (Å²) in [6, 6.07) is 2.20. The van der Waals surface area contributed by atoms with Crippen LogP contribution in [0.2, 0.25) is 10.0 Å². The quantitative estimate of drug-likeness (QED) is 0.813. The Hall–Kier alpha value is -0.890. The van der Waals surface area contributed by atoms with Crippen LogP contribution in [0.1, 0.15) is 23.2 Å². The van der Waals surface area contributed by atoms with Gasteiger partial charge in [-0.25, -0.2) is 17.1 Å². The number of sulfonamides is 1. The van der Waals surface area contributed by atoms with Gasteiger partial charge in [-0.2, -0.15) is 0 Å². The summed E-state index contributed by atoms with van der Waals surface area (Å²) < 4.78 is 37.7. The van der Waals surface area contributed by atoms with Crippen LogP contribution in [0.15, 0.2) is 12.1 Å². The minimum Gasteiger partial charge on any atom is -0.352 e. The van der Waals surface area contributed by atoms with Gasteiger partial charge in [-0.05, 0) is 30.9 Å². The minimum absolute atomic E-state index is 0.0298. The van der Waals surface area contributed by atoms with Gasteiger partial charge in [0.05, 0.1) is 21.9 Å². The third kappa shape index (κ3) is 4.79. The zero-order valence-electron chi connectivity index (χ0n) is 12.5. The van der Waals surface area contributed by atoms with Crippen LogP contribution in [0, 0.1) is 11.7 Å². The fourth-order valence-electron chi connectivity index (χ4n) is 2.47. The lowest BCUT2D eigenvalue weighted by Gasteiger charge is -2.30. The zero-order chi connectivity index (χ0) is 17.2. The summed E-state index contributed by atoms with van der Waals surface area (Å²) in [6.07, 6.45) is 2.51. The van der Waals surface area contributed by atoms with Gasteiger partial charge in [0.15, 0.2) is 0 Å². The standard InChI is InChI=1S/C14H17Cl2FN2O3S/c1-23(21,22)19-4-2-9(3-5-19)8-18-14(20)10-6-13(17)12(16)7-11(10)15/h6-7,9H,2-5,8H2,1H3,(H,18,20). The van der Waals surface area contributed by atoms with Crippen LogP contribution in [0.5, 0.6) is 0 Å². The molecular formula is C14H17Cl2FN2O3S. The molecule has 1 aliphatic heterocycles. The van der Waals surface area contributed by atoms with E-state index in [1.807, 2.05) is 0 Å². The van der Waals surface area contributed by atoms with Crippen LogP contribution in [-0.4, -0.2) is 44.5 Å². The molecule has 0 unspecified atom stereocenters. The molecule has 1 saturated heterocycles. The van der Waals surface area contributed by atoms with Gasteiger partial charge in [-0.1, -0.05) is 23.2 Å². The number of hydrogen-bond donors (Lipinski definition) is 1. The summed E-state index contributed by atoms with van der Waals surface area (Å²) in [4.78, 5) is 12.1. The third-order valence-corrected chi connectivity index (χ3v) is 5.75. The molecule has 0 saturated carbocycles. The number of benzene rings is 1. The molecule has 0 aromatic heterocycles. The van der Waals surface area contributed by atoms with E-state index in [4.69, 9.17) is 23.2 Å². The summed E-state index contributed by atoms with van der Waals surface area (Å²) in [5.74, 6) is -1.01. The number of rotatable bonds is 4. The van der Waals surface area contributed by atoms with Crippen molar-refractivity contribution >= 4 is 39.1 Å². The van der Waals surface area contributed by atoms with Gasteiger partial charge in [0.25, 0.3) is 5.91 Å². The maximum Gasteiger partial charge on any atom is 0.252 e. The van der Waals surface area contributed by atoms with Crippen molar-refractivity contribution in [3.05, 3.63) is 33.6 Å². The van der Waals surface area contributed by atoms with E-state index in [1.165, 1.54) is 16.6 Å². The van der Waals surface area contributed by atoms with Gasteiger partial charge in [0, 0.05) is 19.6 Å². The van der Waals surface area contributed by atoms with E-state index < -0.39 is 21.7 Å². The topological polar surface area (TPSA) is 66.5 Å². The molecule has 1 fully saturated rings. The lowest BCUT2D eigenvalue weighted by Crippen LogP contribution is -2.41. The second-order valence-electron chi connectivity index (χ2n) is 5.56. The van der Waals surface area contributed by atoms with Crippen molar-refractivity contribution in [2.75, 3.05) is 25.9 Å². The molecular weight excluding hydrogens is 366 g/mol. The predicted molar refractivity (Wildman–Crippen MR) is 87.9 cm³/mol. The zero-order valence-corrected chi connectivity index (χ0v) is 14.8. The second kappa shape index (κ2) is 7.34. The Labute approximate surface area is 144 Å². The summed E-state index contributed by atoms with van der Waals surface area (Å²) in [5, 5.41) is 2.65. The summed E-state index contributed by atoms with van der Waals surface area (Å²) >= 11 is 11.5. The van der Waals surface area contributed by atoms with E-state index in [2.05, 4.69) is 5.32 Å². The minimum atomic E-state index is -3.16. The first-order valence-corrected chi connectivity index (χ1v) is 9.66. The molecule has 0 spiro atoms. The molecule has 1 amide bonds. The molecule has 2 rings (SSSR count). The average Bonchev–Trinajstić information content (AvgIpc) is 2.48.